The van der Waals surface area contributed by atoms with E-state index in [2.05, 4.69) is 0 Å². The Hall–Kier alpha value is -0.775. The van der Waals surface area contributed by atoms with Gasteiger partial charge in [-0.05, 0) is 6.07 Å². The van der Waals surface area contributed by atoms with E-state index in [1.165, 1.54) is 13.2 Å². The van der Waals surface area contributed by atoms with Gasteiger partial charge in [0.2, 0.25) is 0 Å². The van der Waals surface area contributed by atoms with Crippen LogP contribution in [0.2, 0.25) is 5.02 Å². The molecular formula is C7H7BClFO3. The summed E-state index contributed by atoms with van der Waals surface area (Å²) in [5.74, 6) is -0.578. The Morgan fingerprint density at radius 2 is 2.08 bits per heavy atom. The van der Waals surface area contributed by atoms with Crippen molar-refractivity contribution in [2.75, 3.05) is 7.11 Å². The summed E-state index contributed by atoms with van der Waals surface area (Å²) < 4.78 is 17.8. The molecule has 0 bridgehead atoms. The molecule has 0 unspecified atom stereocenters. The third kappa shape index (κ3) is 2.12. The molecule has 1 aromatic carbocycles. The summed E-state index contributed by atoms with van der Waals surface area (Å²) in [5, 5.41) is 17.4. The van der Waals surface area contributed by atoms with Crippen LogP contribution in [0.4, 0.5) is 4.39 Å². The topological polar surface area (TPSA) is 49.7 Å². The van der Waals surface area contributed by atoms with Crippen LogP contribution >= 0.6 is 11.6 Å². The molecule has 0 aromatic heterocycles. The third-order valence-corrected chi connectivity index (χ3v) is 1.86. The first-order valence-corrected chi connectivity index (χ1v) is 3.83. The van der Waals surface area contributed by atoms with Gasteiger partial charge in [0.25, 0.3) is 0 Å². The maximum atomic E-state index is 13.1. The summed E-state index contributed by atoms with van der Waals surface area (Å²) in [6.07, 6.45) is 0. The predicted molar refractivity (Wildman–Crippen MR) is 47.8 cm³/mol. The van der Waals surface area contributed by atoms with Crippen molar-refractivity contribution >= 4 is 24.2 Å². The molecule has 0 amide bonds. The lowest BCUT2D eigenvalue weighted by Gasteiger charge is -2.06. The highest BCUT2D eigenvalue weighted by atomic mass is 35.5. The van der Waals surface area contributed by atoms with Gasteiger partial charge < -0.3 is 14.8 Å². The fourth-order valence-corrected chi connectivity index (χ4v) is 1.22. The van der Waals surface area contributed by atoms with E-state index < -0.39 is 12.9 Å². The van der Waals surface area contributed by atoms with Gasteiger partial charge in [0.05, 0.1) is 7.11 Å². The van der Waals surface area contributed by atoms with Crippen LogP contribution in [0.3, 0.4) is 0 Å². The first-order chi connectivity index (χ1) is 6.06. The van der Waals surface area contributed by atoms with Crippen LogP contribution in [-0.2, 0) is 0 Å². The Bertz CT molecular complexity index is 296. The molecule has 0 aliphatic heterocycles. The SMILES string of the molecule is COc1cc(F)c(B(O)O)c(Cl)c1. The summed E-state index contributed by atoms with van der Waals surface area (Å²) in [4.78, 5) is 0. The lowest BCUT2D eigenvalue weighted by molar-refractivity contribution is 0.409. The van der Waals surface area contributed by atoms with Crippen molar-refractivity contribution in [3.8, 4) is 5.75 Å². The van der Waals surface area contributed by atoms with E-state index in [-0.39, 0.29) is 16.2 Å². The quantitative estimate of drug-likeness (QED) is 0.675. The summed E-state index contributed by atoms with van der Waals surface area (Å²) >= 11 is 5.57. The Labute approximate surface area is 79.9 Å². The molecule has 1 aromatic rings. The van der Waals surface area contributed by atoms with Gasteiger partial charge in [0, 0.05) is 16.6 Å². The number of ether oxygens (including phenoxy) is 1. The second kappa shape index (κ2) is 3.96. The molecule has 3 nitrogen and oxygen atoms in total. The minimum Gasteiger partial charge on any atom is -0.497 e. The Morgan fingerprint density at radius 3 is 2.46 bits per heavy atom. The van der Waals surface area contributed by atoms with Crippen LogP contribution in [0.25, 0.3) is 0 Å². The van der Waals surface area contributed by atoms with Crippen LogP contribution in [0.1, 0.15) is 0 Å². The van der Waals surface area contributed by atoms with E-state index in [1.54, 1.807) is 0 Å². The van der Waals surface area contributed by atoms with E-state index in [9.17, 15) is 4.39 Å². The summed E-state index contributed by atoms with van der Waals surface area (Å²) in [6.45, 7) is 0. The molecule has 13 heavy (non-hydrogen) atoms. The van der Waals surface area contributed by atoms with Crippen molar-refractivity contribution in [3.05, 3.63) is 23.0 Å². The molecule has 2 N–H and O–H groups in total. The number of benzene rings is 1. The van der Waals surface area contributed by atoms with E-state index in [0.29, 0.717) is 0 Å². The van der Waals surface area contributed by atoms with Gasteiger partial charge in [-0.15, -0.1) is 0 Å². The van der Waals surface area contributed by atoms with E-state index in [0.717, 1.165) is 6.07 Å². The van der Waals surface area contributed by atoms with Gasteiger partial charge >= 0.3 is 7.12 Å². The van der Waals surface area contributed by atoms with E-state index in [4.69, 9.17) is 26.4 Å². The van der Waals surface area contributed by atoms with Crippen LogP contribution in [-0.4, -0.2) is 24.3 Å². The van der Waals surface area contributed by atoms with Gasteiger partial charge in [-0.2, -0.15) is 0 Å². The Kier molecular flexibility index (Phi) is 3.14. The highest BCUT2D eigenvalue weighted by Gasteiger charge is 2.21. The first-order valence-electron chi connectivity index (χ1n) is 3.45. The minimum atomic E-state index is -1.92. The van der Waals surface area contributed by atoms with Gasteiger partial charge in [0.1, 0.15) is 11.6 Å². The monoisotopic (exact) mass is 204 g/mol. The number of hydrogen-bond donors (Lipinski definition) is 2. The molecule has 0 aliphatic rings. The second-order valence-electron chi connectivity index (χ2n) is 2.38. The molecule has 0 heterocycles. The van der Waals surface area contributed by atoms with Crippen molar-refractivity contribution in [2.24, 2.45) is 0 Å². The smallest absolute Gasteiger partial charge is 0.492 e. The minimum absolute atomic E-state index is 0.0770. The predicted octanol–water partition coefficient (Wildman–Crippen LogP) is 0.167. The maximum Gasteiger partial charge on any atom is 0.492 e. The summed E-state index contributed by atoms with van der Waals surface area (Å²) in [6, 6.07) is 2.33. The van der Waals surface area contributed by atoms with Gasteiger partial charge in [-0.1, -0.05) is 11.6 Å². The van der Waals surface area contributed by atoms with Crippen molar-refractivity contribution in [1.29, 1.82) is 0 Å². The zero-order chi connectivity index (χ0) is 10.0. The van der Waals surface area contributed by atoms with Gasteiger partial charge in [-0.25, -0.2) is 4.39 Å². The molecule has 0 atom stereocenters. The average molecular weight is 204 g/mol. The van der Waals surface area contributed by atoms with E-state index in [1.807, 2.05) is 0 Å². The van der Waals surface area contributed by atoms with Crippen molar-refractivity contribution in [1.82, 2.24) is 0 Å². The van der Waals surface area contributed by atoms with Crippen LogP contribution in [0, 0.1) is 5.82 Å². The van der Waals surface area contributed by atoms with Crippen molar-refractivity contribution in [2.45, 2.75) is 0 Å². The molecule has 6 heteroatoms. The third-order valence-electron chi connectivity index (χ3n) is 1.55. The molecule has 0 saturated heterocycles. The number of hydrogen-bond acceptors (Lipinski definition) is 3. The summed E-state index contributed by atoms with van der Waals surface area (Å²) in [5.41, 5.74) is -0.345. The Morgan fingerprint density at radius 1 is 1.46 bits per heavy atom. The molecular weight excluding hydrogens is 197 g/mol. The first kappa shape index (κ1) is 10.3. The number of methoxy groups -OCH3 is 1. The lowest BCUT2D eigenvalue weighted by atomic mass is 9.80. The fourth-order valence-electron chi connectivity index (χ4n) is 0.926. The largest absolute Gasteiger partial charge is 0.497 e. The molecule has 70 valence electrons. The molecule has 0 aliphatic carbocycles. The van der Waals surface area contributed by atoms with Crippen LogP contribution in [0.15, 0.2) is 12.1 Å². The standard InChI is InChI=1S/C7H7BClFO3/c1-13-4-2-5(9)7(8(11)12)6(10)3-4/h2-3,11-12H,1H3. The Balaban J connectivity index is 3.23. The average Bonchev–Trinajstić information content (AvgIpc) is 2.02. The van der Waals surface area contributed by atoms with Gasteiger partial charge in [-0.3, -0.25) is 0 Å². The molecule has 0 saturated carbocycles. The highest BCUT2D eigenvalue weighted by molar-refractivity contribution is 6.62. The molecule has 0 radical (unpaired) electrons. The summed E-state index contributed by atoms with van der Waals surface area (Å²) in [7, 11) is -0.557. The lowest BCUT2D eigenvalue weighted by Crippen LogP contribution is -2.33. The van der Waals surface area contributed by atoms with E-state index >= 15 is 0 Å². The highest BCUT2D eigenvalue weighted by Crippen LogP contribution is 2.18. The number of halogens is 2. The molecule has 1 rings (SSSR count). The van der Waals surface area contributed by atoms with Gasteiger partial charge in [0.15, 0.2) is 0 Å². The molecule has 0 fully saturated rings. The van der Waals surface area contributed by atoms with Crippen molar-refractivity contribution in [3.63, 3.8) is 0 Å². The van der Waals surface area contributed by atoms with Crippen molar-refractivity contribution < 1.29 is 19.2 Å². The van der Waals surface area contributed by atoms with Crippen LogP contribution < -0.4 is 10.2 Å². The normalized spacial score (nSPS) is 9.92. The molecule has 0 spiro atoms. The van der Waals surface area contributed by atoms with Crippen LogP contribution in [0.5, 0.6) is 5.75 Å². The fraction of sp³-hybridized carbons (Fsp3) is 0.143. The zero-order valence-electron chi connectivity index (χ0n) is 6.79. The zero-order valence-corrected chi connectivity index (χ0v) is 7.55. The number of rotatable bonds is 2. The second-order valence-corrected chi connectivity index (χ2v) is 2.79. The maximum absolute atomic E-state index is 13.1.